The summed E-state index contributed by atoms with van der Waals surface area (Å²) in [5, 5.41) is 9.34. The summed E-state index contributed by atoms with van der Waals surface area (Å²) in [5.74, 6) is -0.674. The molecule has 0 aliphatic carbocycles. The second-order valence-electron chi connectivity index (χ2n) is 4.28. The Morgan fingerprint density at radius 2 is 2.14 bits per heavy atom. The Balaban J connectivity index is 2.16. The fourth-order valence-corrected chi connectivity index (χ4v) is 2.49. The molecule has 0 aromatic carbocycles. The molecule has 14 heavy (non-hydrogen) atoms. The molecule has 2 aliphatic heterocycles. The first-order valence-electron chi connectivity index (χ1n) is 5.25. The summed E-state index contributed by atoms with van der Waals surface area (Å²) < 4.78 is 5.24. The Hall–Kier alpha value is -0.610. The van der Waals surface area contributed by atoms with Gasteiger partial charge in [0.15, 0.2) is 0 Å². The molecular formula is C10H17NO3. The third kappa shape index (κ3) is 1.33. The predicted molar refractivity (Wildman–Crippen MR) is 51.2 cm³/mol. The van der Waals surface area contributed by atoms with Crippen LogP contribution in [0.4, 0.5) is 0 Å². The smallest absolute Gasteiger partial charge is 0.324 e. The molecule has 2 heterocycles. The number of aliphatic carboxylic acids is 1. The molecule has 1 N–H and O–H groups in total. The third-order valence-electron chi connectivity index (χ3n) is 3.59. The van der Waals surface area contributed by atoms with Gasteiger partial charge in [-0.1, -0.05) is 0 Å². The third-order valence-corrected chi connectivity index (χ3v) is 3.59. The standard InChI is InChI=1S/C10H17NO3/c1-8-2-5-11(8)10(9(12)13)3-6-14-7-4-10/h8H,2-7H2,1H3,(H,12,13). The first kappa shape index (κ1) is 9.93. The highest BCUT2D eigenvalue weighted by molar-refractivity contribution is 5.79. The number of carboxylic acids is 1. The van der Waals surface area contributed by atoms with Crippen molar-refractivity contribution < 1.29 is 14.6 Å². The van der Waals surface area contributed by atoms with Crippen LogP contribution in [-0.4, -0.2) is 47.3 Å². The minimum Gasteiger partial charge on any atom is -0.480 e. The fourth-order valence-electron chi connectivity index (χ4n) is 2.49. The highest BCUT2D eigenvalue weighted by Gasteiger charge is 2.49. The average molecular weight is 199 g/mol. The lowest BCUT2D eigenvalue weighted by Gasteiger charge is -2.51. The maximum absolute atomic E-state index is 11.4. The van der Waals surface area contributed by atoms with Crippen LogP contribution in [0.15, 0.2) is 0 Å². The van der Waals surface area contributed by atoms with Gasteiger partial charge in [0.2, 0.25) is 0 Å². The van der Waals surface area contributed by atoms with Crippen LogP contribution in [0, 0.1) is 0 Å². The Morgan fingerprint density at radius 3 is 2.50 bits per heavy atom. The molecule has 0 radical (unpaired) electrons. The maximum atomic E-state index is 11.4. The van der Waals surface area contributed by atoms with Crippen molar-refractivity contribution in [1.29, 1.82) is 0 Å². The van der Waals surface area contributed by atoms with Gasteiger partial charge in [-0.15, -0.1) is 0 Å². The lowest BCUT2D eigenvalue weighted by Crippen LogP contribution is -2.65. The molecule has 4 nitrogen and oxygen atoms in total. The molecule has 0 spiro atoms. The van der Waals surface area contributed by atoms with Crippen molar-refractivity contribution in [2.24, 2.45) is 0 Å². The first-order valence-corrected chi connectivity index (χ1v) is 5.25. The van der Waals surface area contributed by atoms with Crippen molar-refractivity contribution in [1.82, 2.24) is 4.90 Å². The zero-order chi connectivity index (χ0) is 10.2. The first-order chi connectivity index (χ1) is 6.67. The lowest BCUT2D eigenvalue weighted by molar-refractivity contribution is -0.167. The number of rotatable bonds is 2. The number of nitrogens with zero attached hydrogens (tertiary/aromatic N) is 1. The van der Waals surface area contributed by atoms with Gasteiger partial charge in [-0.25, -0.2) is 0 Å². The van der Waals surface area contributed by atoms with E-state index in [1.807, 2.05) is 0 Å². The van der Waals surface area contributed by atoms with Crippen LogP contribution in [-0.2, 0) is 9.53 Å². The second kappa shape index (κ2) is 3.51. The van der Waals surface area contributed by atoms with Gasteiger partial charge in [0.25, 0.3) is 0 Å². The minimum absolute atomic E-state index is 0.421. The Bertz CT molecular complexity index is 236. The number of carboxylic acid groups (broad SMARTS) is 1. The van der Waals surface area contributed by atoms with E-state index < -0.39 is 11.5 Å². The molecule has 0 aromatic rings. The van der Waals surface area contributed by atoms with Gasteiger partial charge in [0.05, 0.1) is 0 Å². The summed E-state index contributed by atoms with van der Waals surface area (Å²) in [4.78, 5) is 13.5. The van der Waals surface area contributed by atoms with Crippen LogP contribution in [0.1, 0.15) is 26.2 Å². The molecule has 80 valence electrons. The second-order valence-corrected chi connectivity index (χ2v) is 4.28. The van der Waals surface area contributed by atoms with E-state index in [0.717, 1.165) is 13.0 Å². The van der Waals surface area contributed by atoms with E-state index >= 15 is 0 Å². The van der Waals surface area contributed by atoms with Gasteiger partial charge >= 0.3 is 5.97 Å². The van der Waals surface area contributed by atoms with E-state index in [1.54, 1.807) is 0 Å². The SMILES string of the molecule is CC1CCN1C1(C(=O)O)CCOCC1. The Morgan fingerprint density at radius 1 is 1.50 bits per heavy atom. The quantitative estimate of drug-likeness (QED) is 0.711. The van der Waals surface area contributed by atoms with Crippen LogP contribution in [0.5, 0.6) is 0 Å². The summed E-state index contributed by atoms with van der Waals surface area (Å²) in [6.45, 7) is 4.18. The fraction of sp³-hybridized carbons (Fsp3) is 0.900. The highest BCUT2D eigenvalue weighted by atomic mass is 16.5. The summed E-state index contributed by atoms with van der Waals surface area (Å²) in [5.41, 5.74) is -0.629. The average Bonchev–Trinajstić information content (AvgIpc) is 2.17. The number of hydrogen-bond acceptors (Lipinski definition) is 3. The topological polar surface area (TPSA) is 49.8 Å². The summed E-state index contributed by atoms with van der Waals surface area (Å²) in [6.07, 6.45) is 2.38. The molecule has 2 rings (SSSR count). The number of hydrogen-bond donors (Lipinski definition) is 1. The summed E-state index contributed by atoms with van der Waals surface area (Å²) >= 11 is 0. The van der Waals surface area contributed by atoms with Crippen molar-refractivity contribution in [3.63, 3.8) is 0 Å². The predicted octanol–water partition coefficient (Wildman–Crippen LogP) is 0.714. The molecule has 1 unspecified atom stereocenters. The maximum Gasteiger partial charge on any atom is 0.324 e. The van der Waals surface area contributed by atoms with Crippen LogP contribution < -0.4 is 0 Å². The van der Waals surface area contributed by atoms with E-state index in [1.165, 1.54) is 0 Å². The van der Waals surface area contributed by atoms with Gasteiger partial charge in [-0.2, -0.15) is 0 Å². The van der Waals surface area contributed by atoms with Crippen molar-refractivity contribution in [2.45, 2.75) is 37.8 Å². The summed E-state index contributed by atoms with van der Waals surface area (Å²) in [6, 6.07) is 0.421. The van der Waals surface area contributed by atoms with E-state index in [9.17, 15) is 9.90 Å². The van der Waals surface area contributed by atoms with Gasteiger partial charge in [-0.05, 0) is 26.2 Å². The van der Waals surface area contributed by atoms with Crippen LogP contribution in [0.3, 0.4) is 0 Å². The zero-order valence-electron chi connectivity index (χ0n) is 8.53. The zero-order valence-corrected chi connectivity index (χ0v) is 8.53. The van der Waals surface area contributed by atoms with Crippen molar-refractivity contribution in [3.8, 4) is 0 Å². The normalized spacial score (nSPS) is 32.2. The van der Waals surface area contributed by atoms with E-state index in [4.69, 9.17) is 4.74 Å². The minimum atomic E-state index is -0.674. The molecular weight excluding hydrogens is 182 g/mol. The number of likely N-dealkylation sites (tertiary alicyclic amines) is 1. The van der Waals surface area contributed by atoms with E-state index in [0.29, 0.717) is 32.1 Å². The Kier molecular flexibility index (Phi) is 2.49. The highest BCUT2D eigenvalue weighted by Crippen LogP contribution is 2.35. The molecule has 2 aliphatic rings. The number of carbonyl (C=O) groups is 1. The molecule has 2 saturated heterocycles. The molecule has 0 bridgehead atoms. The summed E-state index contributed by atoms with van der Waals surface area (Å²) in [7, 11) is 0. The molecule has 0 aromatic heterocycles. The van der Waals surface area contributed by atoms with Crippen molar-refractivity contribution in [2.75, 3.05) is 19.8 Å². The molecule has 4 heteroatoms. The molecule has 1 atom stereocenters. The van der Waals surface area contributed by atoms with Gasteiger partial charge in [0, 0.05) is 25.8 Å². The van der Waals surface area contributed by atoms with Crippen LogP contribution in [0.25, 0.3) is 0 Å². The lowest BCUT2D eigenvalue weighted by atomic mass is 9.83. The monoisotopic (exact) mass is 199 g/mol. The van der Waals surface area contributed by atoms with E-state index in [2.05, 4.69) is 11.8 Å². The largest absolute Gasteiger partial charge is 0.480 e. The van der Waals surface area contributed by atoms with Crippen molar-refractivity contribution >= 4 is 5.97 Å². The van der Waals surface area contributed by atoms with Gasteiger partial charge in [0.1, 0.15) is 5.54 Å². The van der Waals surface area contributed by atoms with Crippen LogP contribution >= 0.6 is 0 Å². The number of ether oxygens (including phenoxy) is 1. The van der Waals surface area contributed by atoms with Gasteiger partial charge in [-0.3, -0.25) is 9.69 Å². The van der Waals surface area contributed by atoms with Crippen LogP contribution in [0.2, 0.25) is 0 Å². The molecule has 2 fully saturated rings. The Labute approximate surface area is 83.8 Å². The molecule has 0 saturated carbocycles. The van der Waals surface area contributed by atoms with Crippen molar-refractivity contribution in [3.05, 3.63) is 0 Å². The van der Waals surface area contributed by atoms with Gasteiger partial charge < -0.3 is 9.84 Å². The van der Waals surface area contributed by atoms with E-state index in [-0.39, 0.29) is 0 Å². The molecule has 0 amide bonds.